The fraction of sp³-hybridized carbons (Fsp3) is 0.250. The van der Waals surface area contributed by atoms with E-state index in [1.807, 2.05) is 0 Å². The minimum atomic E-state index is -4.81. The SMILES string of the molecule is CCOC(=O)c1nnn(Cc2ccc3ncc(Cl)cc3c2)c1C(F)(F)F. The molecule has 3 aromatic rings. The lowest BCUT2D eigenvalue weighted by Crippen LogP contribution is -2.20. The number of rotatable bonds is 4. The molecule has 0 radical (unpaired) electrons. The number of pyridine rings is 1. The maximum absolute atomic E-state index is 13.4. The van der Waals surface area contributed by atoms with E-state index < -0.39 is 23.5 Å². The molecular formula is C16H12ClF3N4O2. The lowest BCUT2D eigenvalue weighted by atomic mass is 10.1. The third-order valence-electron chi connectivity index (χ3n) is 3.52. The Bertz CT molecular complexity index is 972. The molecular weight excluding hydrogens is 373 g/mol. The van der Waals surface area contributed by atoms with Gasteiger partial charge in [-0.25, -0.2) is 9.48 Å². The van der Waals surface area contributed by atoms with E-state index in [0.29, 0.717) is 26.2 Å². The maximum Gasteiger partial charge on any atom is 0.435 e. The van der Waals surface area contributed by atoms with E-state index in [9.17, 15) is 18.0 Å². The van der Waals surface area contributed by atoms with Gasteiger partial charge < -0.3 is 4.74 Å². The summed E-state index contributed by atoms with van der Waals surface area (Å²) in [6.07, 6.45) is -3.33. The quantitative estimate of drug-likeness (QED) is 0.641. The summed E-state index contributed by atoms with van der Waals surface area (Å²) in [6.45, 7) is 1.19. The predicted molar refractivity (Wildman–Crippen MR) is 86.8 cm³/mol. The van der Waals surface area contributed by atoms with E-state index in [1.165, 1.54) is 13.1 Å². The Morgan fingerprint density at radius 1 is 1.31 bits per heavy atom. The number of carbonyl (C=O) groups is 1. The average molecular weight is 385 g/mol. The standard InChI is InChI=1S/C16H12ClF3N4O2/c1-2-26-15(25)13-14(16(18,19)20)24(23-22-13)8-9-3-4-12-10(5-9)6-11(17)7-21-12/h3-7H,2,8H2,1H3. The van der Waals surface area contributed by atoms with Crippen LogP contribution in [0.15, 0.2) is 30.5 Å². The molecule has 0 aliphatic heterocycles. The molecule has 3 rings (SSSR count). The van der Waals surface area contributed by atoms with Crippen molar-refractivity contribution in [3.05, 3.63) is 52.4 Å². The van der Waals surface area contributed by atoms with E-state index in [1.54, 1.807) is 24.3 Å². The second-order valence-electron chi connectivity index (χ2n) is 5.34. The first-order valence-electron chi connectivity index (χ1n) is 7.51. The van der Waals surface area contributed by atoms with Crippen LogP contribution in [0, 0.1) is 0 Å². The highest BCUT2D eigenvalue weighted by molar-refractivity contribution is 6.31. The summed E-state index contributed by atoms with van der Waals surface area (Å²) in [7, 11) is 0. The first kappa shape index (κ1) is 18.1. The Labute approximate surface area is 150 Å². The highest BCUT2D eigenvalue weighted by atomic mass is 35.5. The molecule has 2 heterocycles. The molecule has 0 unspecified atom stereocenters. The third-order valence-corrected chi connectivity index (χ3v) is 3.72. The van der Waals surface area contributed by atoms with Crippen LogP contribution in [0.4, 0.5) is 13.2 Å². The van der Waals surface area contributed by atoms with Gasteiger partial charge in [0.15, 0.2) is 5.69 Å². The molecule has 6 nitrogen and oxygen atoms in total. The molecule has 0 spiro atoms. The first-order valence-corrected chi connectivity index (χ1v) is 7.89. The molecule has 1 aromatic carbocycles. The van der Waals surface area contributed by atoms with Crippen molar-refractivity contribution in [3.63, 3.8) is 0 Å². The fourth-order valence-corrected chi connectivity index (χ4v) is 2.63. The molecule has 0 amide bonds. The molecule has 0 saturated carbocycles. The Hall–Kier alpha value is -2.68. The molecule has 0 bridgehead atoms. The molecule has 136 valence electrons. The molecule has 0 N–H and O–H groups in total. The van der Waals surface area contributed by atoms with E-state index in [0.717, 1.165) is 0 Å². The fourth-order valence-electron chi connectivity index (χ4n) is 2.47. The van der Waals surface area contributed by atoms with Gasteiger partial charge in [-0.05, 0) is 30.7 Å². The number of hydrogen-bond donors (Lipinski definition) is 0. The number of ether oxygens (including phenoxy) is 1. The van der Waals surface area contributed by atoms with Crippen LogP contribution in [-0.4, -0.2) is 32.6 Å². The summed E-state index contributed by atoms with van der Waals surface area (Å²) >= 11 is 5.89. The Morgan fingerprint density at radius 3 is 2.77 bits per heavy atom. The molecule has 26 heavy (non-hydrogen) atoms. The number of hydrogen-bond acceptors (Lipinski definition) is 5. The van der Waals surface area contributed by atoms with Crippen molar-refractivity contribution in [2.45, 2.75) is 19.6 Å². The summed E-state index contributed by atoms with van der Waals surface area (Å²) < 4.78 is 45.5. The summed E-state index contributed by atoms with van der Waals surface area (Å²) in [4.78, 5) is 15.9. The molecule has 10 heteroatoms. The number of esters is 1. The van der Waals surface area contributed by atoms with Gasteiger partial charge in [0.05, 0.1) is 23.7 Å². The summed E-state index contributed by atoms with van der Waals surface area (Å²) in [5.74, 6) is -1.17. The molecule has 0 aliphatic carbocycles. The Kier molecular flexibility index (Phi) is 4.82. The van der Waals surface area contributed by atoms with Crippen molar-refractivity contribution in [1.82, 2.24) is 20.0 Å². The van der Waals surface area contributed by atoms with Gasteiger partial charge in [-0.3, -0.25) is 4.98 Å². The van der Waals surface area contributed by atoms with E-state index in [-0.39, 0.29) is 13.2 Å². The van der Waals surface area contributed by atoms with Crippen LogP contribution in [0.1, 0.15) is 28.7 Å². The average Bonchev–Trinajstić information content (AvgIpc) is 2.98. The van der Waals surface area contributed by atoms with E-state index in [2.05, 4.69) is 20.0 Å². The van der Waals surface area contributed by atoms with Gasteiger partial charge in [-0.2, -0.15) is 13.2 Å². The molecule has 0 fully saturated rings. The van der Waals surface area contributed by atoms with Gasteiger partial charge in [0.1, 0.15) is 0 Å². The highest BCUT2D eigenvalue weighted by Gasteiger charge is 2.42. The lowest BCUT2D eigenvalue weighted by Gasteiger charge is -2.11. The van der Waals surface area contributed by atoms with Crippen molar-refractivity contribution in [3.8, 4) is 0 Å². The number of alkyl halides is 3. The zero-order valence-corrected chi connectivity index (χ0v) is 14.2. The van der Waals surface area contributed by atoms with Crippen molar-refractivity contribution < 1.29 is 22.7 Å². The molecule has 0 atom stereocenters. The second kappa shape index (κ2) is 6.91. The van der Waals surface area contributed by atoms with Gasteiger partial charge in [0.2, 0.25) is 5.69 Å². The van der Waals surface area contributed by atoms with E-state index in [4.69, 9.17) is 11.6 Å². The Morgan fingerprint density at radius 2 is 2.08 bits per heavy atom. The molecule has 0 aliphatic rings. The molecule has 0 saturated heterocycles. The minimum absolute atomic E-state index is 0.0680. The van der Waals surface area contributed by atoms with Gasteiger partial charge in [0, 0.05) is 11.6 Å². The topological polar surface area (TPSA) is 69.9 Å². The van der Waals surface area contributed by atoms with Crippen molar-refractivity contribution >= 4 is 28.5 Å². The number of fused-ring (bicyclic) bond motifs is 1. The normalized spacial score (nSPS) is 11.7. The monoisotopic (exact) mass is 384 g/mol. The van der Waals surface area contributed by atoms with Gasteiger partial charge in [-0.15, -0.1) is 5.10 Å². The van der Waals surface area contributed by atoms with Gasteiger partial charge >= 0.3 is 12.1 Å². The Balaban J connectivity index is 2.00. The highest BCUT2D eigenvalue weighted by Crippen LogP contribution is 2.32. The van der Waals surface area contributed by atoms with Crippen molar-refractivity contribution in [2.75, 3.05) is 6.61 Å². The zero-order chi connectivity index (χ0) is 18.9. The first-order chi connectivity index (χ1) is 12.3. The number of aromatic nitrogens is 4. The third kappa shape index (κ3) is 3.62. The van der Waals surface area contributed by atoms with Crippen LogP contribution >= 0.6 is 11.6 Å². The summed E-state index contributed by atoms with van der Waals surface area (Å²) in [5.41, 5.74) is -0.933. The smallest absolute Gasteiger partial charge is 0.435 e. The van der Waals surface area contributed by atoms with Crippen LogP contribution in [0.2, 0.25) is 5.02 Å². The molecule has 2 aromatic heterocycles. The second-order valence-corrected chi connectivity index (χ2v) is 5.78. The van der Waals surface area contributed by atoms with Crippen LogP contribution in [-0.2, 0) is 17.5 Å². The number of benzene rings is 1. The minimum Gasteiger partial charge on any atom is -0.461 e. The maximum atomic E-state index is 13.4. The van der Waals surface area contributed by atoms with Crippen LogP contribution in [0.5, 0.6) is 0 Å². The number of carbonyl (C=O) groups excluding carboxylic acids is 1. The summed E-state index contributed by atoms with van der Waals surface area (Å²) in [5, 5.41) is 7.93. The van der Waals surface area contributed by atoms with E-state index >= 15 is 0 Å². The van der Waals surface area contributed by atoms with Crippen molar-refractivity contribution in [2.24, 2.45) is 0 Å². The number of halogens is 4. The van der Waals surface area contributed by atoms with Crippen LogP contribution < -0.4 is 0 Å². The largest absolute Gasteiger partial charge is 0.461 e. The van der Waals surface area contributed by atoms with Crippen LogP contribution in [0.3, 0.4) is 0 Å². The number of nitrogens with zero attached hydrogens (tertiary/aromatic N) is 4. The van der Waals surface area contributed by atoms with Gasteiger partial charge in [-0.1, -0.05) is 22.9 Å². The predicted octanol–water partition coefficient (Wildman–Crippen LogP) is 3.72. The summed E-state index contributed by atoms with van der Waals surface area (Å²) in [6, 6.07) is 6.59. The van der Waals surface area contributed by atoms with Crippen LogP contribution in [0.25, 0.3) is 10.9 Å². The van der Waals surface area contributed by atoms with Crippen molar-refractivity contribution in [1.29, 1.82) is 0 Å². The lowest BCUT2D eigenvalue weighted by molar-refractivity contribution is -0.144. The zero-order valence-electron chi connectivity index (χ0n) is 13.4. The van der Waals surface area contributed by atoms with Gasteiger partial charge in [0.25, 0.3) is 0 Å².